The molecule has 27 heavy (non-hydrogen) atoms. The molecule has 7 heteroatoms. The molecule has 1 aromatic heterocycles. The van der Waals surface area contributed by atoms with Crippen molar-refractivity contribution in [3.63, 3.8) is 0 Å². The molecule has 0 radical (unpaired) electrons. The second-order valence-corrected chi connectivity index (χ2v) is 8.28. The first-order chi connectivity index (χ1) is 13.2. The second kappa shape index (κ2) is 10.1. The number of rotatable bonds is 6. The Labute approximate surface area is 166 Å². The lowest BCUT2D eigenvalue weighted by Gasteiger charge is -2.42. The molecule has 3 heterocycles. The van der Waals surface area contributed by atoms with Crippen LogP contribution in [0.15, 0.2) is 24.4 Å². The van der Waals surface area contributed by atoms with Gasteiger partial charge in [-0.1, -0.05) is 6.07 Å². The zero-order valence-corrected chi connectivity index (χ0v) is 16.9. The van der Waals surface area contributed by atoms with E-state index in [0.29, 0.717) is 18.3 Å². The Hall–Kier alpha value is -1.60. The highest BCUT2D eigenvalue weighted by Crippen LogP contribution is 2.24. The smallest absolute Gasteiger partial charge is 0.232 e. The third-order valence-electron chi connectivity index (χ3n) is 5.59. The fourth-order valence-electron chi connectivity index (χ4n) is 4.07. The number of amides is 2. The summed E-state index contributed by atoms with van der Waals surface area (Å²) in [6.45, 7) is 4.07. The molecule has 6 nitrogen and oxygen atoms in total. The van der Waals surface area contributed by atoms with Crippen LogP contribution in [0.4, 0.5) is 0 Å². The van der Waals surface area contributed by atoms with E-state index in [4.69, 9.17) is 0 Å². The molecular formula is C20H30N4O2S. The number of thioether (sulfide) groups is 1. The van der Waals surface area contributed by atoms with Crippen LogP contribution in [0, 0.1) is 5.92 Å². The first-order valence-corrected chi connectivity index (χ1v) is 11.2. The summed E-state index contributed by atoms with van der Waals surface area (Å²) < 4.78 is 0. The van der Waals surface area contributed by atoms with Crippen molar-refractivity contribution < 1.29 is 9.59 Å². The van der Waals surface area contributed by atoms with Crippen LogP contribution in [0.2, 0.25) is 0 Å². The highest BCUT2D eigenvalue weighted by Gasteiger charge is 2.32. The fraction of sp³-hybridized carbons (Fsp3) is 0.650. The number of nitrogens with one attached hydrogen (secondary N) is 1. The van der Waals surface area contributed by atoms with Crippen molar-refractivity contribution in [2.45, 2.75) is 38.3 Å². The standard InChI is InChI=1S/C20H30N4O2S/c1-27-15-19(25)23-11-7-18(8-12-23)24-10-4-5-16(14-24)20(26)22-13-17-6-2-3-9-21-17/h2-3,6,9,16,18H,4-5,7-8,10-15H2,1H3,(H,22,26). The number of nitrogens with zero attached hydrogens (tertiary/aromatic N) is 3. The summed E-state index contributed by atoms with van der Waals surface area (Å²) in [6.07, 6.45) is 7.77. The van der Waals surface area contributed by atoms with Gasteiger partial charge < -0.3 is 10.2 Å². The summed E-state index contributed by atoms with van der Waals surface area (Å²) in [5.41, 5.74) is 0.890. The fourth-order valence-corrected chi connectivity index (χ4v) is 4.50. The van der Waals surface area contributed by atoms with Crippen LogP contribution in [0.5, 0.6) is 0 Å². The van der Waals surface area contributed by atoms with E-state index in [1.165, 1.54) is 0 Å². The maximum Gasteiger partial charge on any atom is 0.232 e. The topological polar surface area (TPSA) is 65.5 Å². The Bertz CT molecular complexity index is 620. The Morgan fingerprint density at radius 3 is 2.74 bits per heavy atom. The molecule has 0 bridgehead atoms. The van der Waals surface area contributed by atoms with E-state index in [9.17, 15) is 9.59 Å². The maximum atomic E-state index is 12.6. The van der Waals surface area contributed by atoms with Gasteiger partial charge in [-0.15, -0.1) is 0 Å². The number of hydrogen-bond donors (Lipinski definition) is 1. The first-order valence-electron chi connectivity index (χ1n) is 9.85. The average Bonchev–Trinajstić information content (AvgIpc) is 2.73. The molecule has 1 atom stereocenters. The third-order valence-corrected chi connectivity index (χ3v) is 6.13. The van der Waals surface area contributed by atoms with Crippen LogP contribution in [0.25, 0.3) is 0 Å². The third kappa shape index (κ3) is 5.69. The van der Waals surface area contributed by atoms with Crippen LogP contribution < -0.4 is 5.32 Å². The molecule has 0 spiro atoms. The van der Waals surface area contributed by atoms with Gasteiger partial charge in [0.15, 0.2) is 0 Å². The van der Waals surface area contributed by atoms with Crippen molar-refractivity contribution >= 4 is 23.6 Å². The monoisotopic (exact) mass is 390 g/mol. The van der Waals surface area contributed by atoms with Gasteiger partial charge in [-0.05, 0) is 50.6 Å². The largest absolute Gasteiger partial charge is 0.350 e. The van der Waals surface area contributed by atoms with Gasteiger partial charge in [0.05, 0.1) is 23.9 Å². The number of piperidine rings is 2. The number of carbonyl (C=O) groups is 2. The van der Waals surface area contributed by atoms with E-state index >= 15 is 0 Å². The quantitative estimate of drug-likeness (QED) is 0.802. The number of likely N-dealkylation sites (tertiary alicyclic amines) is 2. The minimum atomic E-state index is 0.0543. The molecule has 1 N–H and O–H groups in total. The predicted octanol–water partition coefficient (Wildman–Crippen LogP) is 1.76. The lowest BCUT2D eigenvalue weighted by atomic mass is 9.93. The summed E-state index contributed by atoms with van der Waals surface area (Å²) in [7, 11) is 0. The van der Waals surface area contributed by atoms with Crippen LogP contribution in [0.1, 0.15) is 31.4 Å². The minimum Gasteiger partial charge on any atom is -0.350 e. The highest BCUT2D eigenvalue weighted by molar-refractivity contribution is 7.99. The van der Waals surface area contributed by atoms with Crippen molar-refractivity contribution in [2.75, 3.05) is 38.2 Å². The normalized spacial score (nSPS) is 21.8. The van der Waals surface area contributed by atoms with Gasteiger partial charge in [0.1, 0.15) is 0 Å². The summed E-state index contributed by atoms with van der Waals surface area (Å²) in [6, 6.07) is 6.24. The summed E-state index contributed by atoms with van der Waals surface area (Å²) in [4.78, 5) is 33.4. The molecule has 0 aliphatic carbocycles. The van der Waals surface area contributed by atoms with Crippen molar-refractivity contribution in [1.29, 1.82) is 0 Å². The lowest BCUT2D eigenvalue weighted by molar-refractivity contribution is -0.130. The van der Waals surface area contributed by atoms with Crippen LogP contribution >= 0.6 is 11.8 Å². The van der Waals surface area contributed by atoms with Crippen LogP contribution in [0.3, 0.4) is 0 Å². The Kier molecular flexibility index (Phi) is 7.52. The van der Waals surface area contributed by atoms with Crippen molar-refractivity contribution in [3.05, 3.63) is 30.1 Å². The Morgan fingerprint density at radius 2 is 2.04 bits per heavy atom. The number of pyridine rings is 1. The van der Waals surface area contributed by atoms with Crippen molar-refractivity contribution in [1.82, 2.24) is 20.1 Å². The second-order valence-electron chi connectivity index (χ2n) is 7.42. The number of aromatic nitrogens is 1. The van der Waals surface area contributed by atoms with E-state index in [0.717, 1.165) is 57.6 Å². The Balaban J connectivity index is 1.45. The van der Waals surface area contributed by atoms with Gasteiger partial charge >= 0.3 is 0 Å². The van der Waals surface area contributed by atoms with Gasteiger partial charge in [-0.3, -0.25) is 19.5 Å². The molecule has 3 rings (SSSR count). The van der Waals surface area contributed by atoms with Crippen LogP contribution in [-0.2, 0) is 16.1 Å². The van der Waals surface area contributed by atoms with Crippen molar-refractivity contribution in [2.24, 2.45) is 5.92 Å². The van der Waals surface area contributed by atoms with Gasteiger partial charge in [0.25, 0.3) is 0 Å². The molecule has 1 aromatic rings. The van der Waals surface area contributed by atoms with Gasteiger partial charge in [-0.2, -0.15) is 11.8 Å². The SMILES string of the molecule is CSCC(=O)N1CCC(N2CCCC(C(=O)NCc3ccccn3)C2)CC1. The Morgan fingerprint density at radius 1 is 1.22 bits per heavy atom. The van der Waals surface area contributed by atoms with E-state index in [2.05, 4.69) is 15.2 Å². The molecular weight excluding hydrogens is 360 g/mol. The summed E-state index contributed by atoms with van der Waals surface area (Å²) in [5.74, 6) is 1.02. The number of hydrogen-bond acceptors (Lipinski definition) is 5. The molecule has 2 aliphatic heterocycles. The van der Waals surface area contributed by atoms with E-state index in [-0.39, 0.29) is 17.7 Å². The predicted molar refractivity (Wildman–Crippen MR) is 108 cm³/mol. The molecule has 148 valence electrons. The average molecular weight is 391 g/mol. The molecule has 2 amide bonds. The van der Waals surface area contributed by atoms with E-state index in [1.807, 2.05) is 29.4 Å². The van der Waals surface area contributed by atoms with Gasteiger partial charge in [-0.25, -0.2) is 0 Å². The molecule has 2 aliphatic rings. The summed E-state index contributed by atoms with van der Waals surface area (Å²) >= 11 is 1.59. The highest BCUT2D eigenvalue weighted by atomic mass is 32.2. The molecule has 2 saturated heterocycles. The molecule has 0 aromatic carbocycles. The minimum absolute atomic E-state index is 0.0543. The molecule has 1 unspecified atom stereocenters. The number of carbonyl (C=O) groups excluding carboxylic acids is 2. The van der Waals surface area contributed by atoms with Crippen molar-refractivity contribution in [3.8, 4) is 0 Å². The molecule has 2 fully saturated rings. The van der Waals surface area contributed by atoms with E-state index in [1.54, 1.807) is 18.0 Å². The lowest BCUT2D eigenvalue weighted by Crippen LogP contribution is -2.51. The summed E-state index contributed by atoms with van der Waals surface area (Å²) in [5, 5.41) is 3.04. The first kappa shape index (κ1) is 20.1. The zero-order valence-electron chi connectivity index (χ0n) is 16.1. The van der Waals surface area contributed by atoms with Crippen LogP contribution in [-0.4, -0.2) is 70.8 Å². The van der Waals surface area contributed by atoms with Gasteiger partial charge in [0.2, 0.25) is 11.8 Å². The molecule has 0 saturated carbocycles. The van der Waals surface area contributed by atoms with E-state index < -0.39 is 0 Å². The maximum absolute atomic E-state index is 12.6. The zero-order chi connectivity index (χ0) is 19.1. The van der Waals surface area contributed by atoms with Gasteiger partial charge in [0, 0.05) is 31.9 Å².